The van der Waals surface area contributed by atoms with Crippen molar-refractivity contribution < 1.29 is 9.53 Å². The lowest BCUT2D eigenvalue weighted by Crippen LogP contribution is -2.33. The van der Waals surface area contributed by atoms with Crippen LogP contribution in [0.4, 0.5) is 0 Å². The Morgan fingerprint density at radius 1 is 1.47 bits per heavy atom. The lowest BCUT2D eigenvalue weighted by atomic mass is 9.97. The Hall–Kier alpha value is -0.990. The third kappa shape index (κ3) is 4.86. The average Bonchev–Trinajstić information content (AvgIpc) is 2.32. The zero-order valence-corrected chi connectivity index (χ0v) is 10.2. The van der Waals surface area contributed by atoms with E-state index in [1.807, 2.05) is 27.0 Å². The van der Waals surface area contributed by atoms with Crippen LogP contribution < -0.4 is 0 Å². The SMILES string of the molecule is C=CN1CCC(C(=O)OCC)CC1.CC. The van der Waals surface area contributed by atoms with Crippen LogP contribution >= 0.6 is 0 Å². The molecular formula is C12H23NO2. The Labute approximate surface area is 93.1 Å². The number of carbonyl (C=O) groups is 1. The van der Waals surface area contributed by atoms with Gasteiger partial charge >= 0.3 is 5.97 Å². The molecule has 0 N–H and O–H groups in total. The lowest BCUT2D eigenvalue weighted by Gasteiger charge is -2.29. The number of likely N-dealkylation sites (tertiary alicyclic amines) is 1. The quantitative estimate of drug-likeness (QED) is 0.674. The summed E-state index contributed by atoms with van der Waals surface area (Å²) in [6.45, 7) is 11.9. The first kappa shape index (κ1) is 14.0. The molecule has 1 saturated heterocycles. The normalized spacial score (nSPS) is 16.3. The number of ether oxygens (including phenoxy) is 1. The molecule has 0 unspecified atom stereocenters. The largest absolute Gasteiger partial charge is 0.466 e. The second kappa shape index (κ2) is 8.33. The summed E-state index contributed by atoms with van der Waals surface area (Å²) in [5.41, 5.74) is 0. The number of esters is 1. The Balaban J connectivity index is 0.000000921. The summed E-state index contributed by atoms with van der Waals surface area (Å²) in [5.74, 6) is 0.0716. The zero-order chi connectivity index (χ0) is 11.7. The predicted molar refractivity (Wildman–Crippen MR) is 62.5 cm³/mol. The van der Waals surface area contributed by atoms with E-state index in [0.29, 0.717) is 6.61 Å². The third-order valence-corrected chi connectivity index (χ3v) is 2.41. The third-order valence-electron chi connectivity index (χ3n) is 2.41. The Bertz CT molecular complexity index is 184. The van der Waals surface area contributed by atoms with Crippen LogP contribution in [0, 0.1) is 5.92 Å². The molecule has 0 amide bonds. The van der Waals surface area contributed by atoms with Gasteiger partial charge in [0.05, 0.1) is 12.5 Å². The summed E-state index contributed by atoms with van der Waals surface area (Å²) in [6, 6.07) is 0. The van der Waals surface area contributed by atoms with E-state index < -0.39 is 0 Å². The molecule has 1 aliphatic heterocycles. The van der Waals surface area contributed by atoms with Crippen molar-refractivity contribution >= 4 is 5.97 Å². The molecule has 1 aliphatic rings. The molecule has 1 fully saturated rings. The molecule has 88 valence electrons. The highest BCUT2D eigenvalue weighted by atomic mass is 16.5. The highest BCUT2D eigenvalue weighted by Gasteiger charge is 2.24. The Kier molecular flexibility index (Phi) is 7.78. The van der Waals surface area contributed by atoms with Crippen molar-refractivity contribution in [2.24, 2.45) is 5.92 Å². The van der Waals surface area contributed by atoms with E-state index in [9.17, 15) is 4.79 Å². The van der Waals surface area contributed by atoms with Crippen molar-refractivity contribution in [2.75, 3.05) is 19.7 Å². The van der Waals surface area contributed by atoms with Gasteiger partial charge in [-0.05, 0) is 26.0 Å². The minimum Gasteiger partial charge on any atom is -0.466 e. The van der Waals surface area contributed by atoms with Gasteiger partial charge < -0.3 is 9.64 Å². The van der Waals surface area contributed by atoms with Crippen LogP contribution in [-0.2, 0) is 9.53 Å². The first-order chi connectivity index (χ1) is 7.27. The summed E-state index contributed by atoms with van der Waals surface area (Å²) in [6.07, 6.45) is 3.62. The van der Waals surface area contributed by atoms with Gasteiger partial charge in [0.25, 0.3) is 0 Å². The highest BCUT2D eigenvalue weighted by molar-refractivity contribution is 5.72. The molecule has 1 heterocycles. The van der Waals surface area contributed by atoms with Gasteiger partial charge in [-0.15, -0.1) is 0 Å². The molecule has 0 saturated carbocycles. The molecule has 0 spiro atoms. The van der Waals surface area contributed by atoms with Crippen molar-refractivity contribution in [3.8, 4) is 0 Å². The maximum atomic E-state index is 11.3. The molecule has 0 aromatic rings. The molecule has 0 aromatic carbocycles. The second-order valence-corrected chi connectivity index (χ2v) is 3.24. The number of carbonyl (C=O) groups excluding carboxylic acids is 1. The van der Waals surface area contributed by atoms with Crippen molar-refractivity contribution in [2.45, 2.75) is 33.6 Å². The fraction of sp³-hybridized carbons (Fsp3) is 0.750. The standard InChI is InChI=1S/C10H17NO2.C2H6/c1-3-11-7-5-9(6-8-11)10(12)13-4-2;1-2/h3,9H,1,4-8H2,2H3;1-2H3. The lowest BCUT2D eigenvalue weighted by molar-refractivity contribution is -0.149. The van der Waals surface area contributed by atoms with Crippen molar-refractivity contribution in [3.05, 3.63) is 12.8 Å². The first-order valence-electron chi connectivity index (χ1n) is 5.81. The van der Waals surface area contributed by atoms with Crippen molar-refractivity contribution in [1.29, 1.82) is 0 Å². The van der Waals surface area contributed by atoms with E-state index in [4.69, 9.17) is 4.74 Å². The van der Waals surface area contributed by atoms with Gasteiger partial charge in [0.15, 0.2) is 0 Å². The number of hydrogen-bond donors (Lipinski definition) is 0. The van der Waals surface area contributed by atoms with E-state index in [1.54, 1.807) is 0 Å². The van der Waals surface area contributed by atoms with Crippen LogP contribution in [0.1, 0.15) is 33.6 Å². The van der Waals surface area contributed by atoms with E-state index in [1.165, 1.54) is 0 Å². The topological polar surface area (TPSA) is 29.5 Å². The highest BCUT2D eigenvalue weighted by Crippen LogP contribution is 2.18. The zero-order valence-electron chi connectivity index (χ0n) is 10.2. The van der Waals surface area contributed by atoms with Crippen LogP contribution in [-0.4, -0.2) is 30.6 Å². The molecule has 0 atom stereocenters. The van der Waals surface area contributed by atoms with Gasteiger partial charge in [0.1, 0.15) is 0 Å². The van der Waals surface area contributed by atoms with E-state index in [0.717, 1.165) is 25.9 Å². The molecule has 0 aromatic heterocycles. The molecular weight excluding hydrogens is 190 g/mol. The van der Waals surface area contributed by atoms with E-state index in [-0.39, 0.29) is 11.9 Å². The van der Waals surface area contributed by atoms with Gasteiger partial charge in [-0.3, -0.25) is 4.79 Å². The smallest absolute Gasteiger partial charge is 0.309 e. The predicted octanol–water partition coefficient (Wildman–Crippen LogP) is 2.43. The van der Waals surface area contributed by atoms with Gasteiger partial charge in [-0.1, -0.05) is 20.4 Å². The van der Waals surface area contributed by atoms with Crippen LogP contribution in [0.5, 0.6) is 0 Å². The number of nitrogens with zero attached hydrogens (tertiary/aromatic N) is 1. The average molecular weight is 213 g/mol. The Morgan fingerprint density at radius 2 is 2.00 bits per heavy atom. The number of rotatable bonds is 3. The molecule has 1 rings (SSSR count). The van der Waals surface area contributed by atoms with Crippen LogP contribution in [0.25, 0.3) is 0 Å². The van der Waals surface area contributed by atoms with E-state index >= 15 is 0 Å². The van der Waals surface area contributed by atoms with Crippen molar-refractivity contribution in [1.82, 2.24) is 4.90 Å². The summed E-state index contributed by atoms with van der Waals surface area (Å²) in [4.78, 5) is 13.5. The summed E-state index contributed by atoms with van der Waals surface area (Å²) >= 11 is 0. The molecule has 15 heavy (non-hydrogen) atoms. The van der Waals surface area contributed by atoms with Crippen LogP contribution in [0.15, 0.2) is 12.8 Å². The number of piperidine rings is 1. The molecule has 3 nitrogen and oxygen atoms in total. The van der Waals surface area contributed by atoms with Gasteiger partial charge in [0, 0.05) is 13.1 Å². The fourth-order valence-corrected chi connectivity index (χ4v) is 1.58. The second-order valence-electron chi connectivity index (χ2n) is 3.24. The maximum absolute atomic E-state index is 11.3. The fourth-order valence-electron chi connectivity index (χ4n) is 1.58. The molecule has 0 radical (unpaired) electrons. The summed E-state index contributed by atoms with van der Waals surface area (Å²) in [5, 5.41) is 0. The molecule has 0 aliphatic carbocycles. The minimum absolute atomic E-state index is 0.0359. The Morgan fingerprint density at radius 3 is 2.40 bits per heavy atom. The minimum atomic E-state index is -0.0359. The van der Waals surface area contributed by atoms with Crippen LogP contribution in [0.3, 0.4) is 0 Å². The van der Waals surface area contributed by atoms with Crippen LogP contribution in [0.2, 0.25) is 0 Å². The first-order valence-corrected chi connectivity index (χ1v) is 5.81. The summed E-state index contributed by atoms with van der Waals surface area (Å²) < 4.78 is 4.97. The summed E-state index contributed by atoms with van der Waals surface area (Å²) in [7, 11) is 0. The van der Waals surface area contributed by atoms with E-state index in [2.05, 4.69) is 11.5 Å². The van der Waals surface area contributed by atoms with Gasteiger partial charge in [0.2, 0.25) is 0 Å². The van der Waals surface area contributed by atoms with Gasteiger partial charge in [-0.2, -0.15) is 0 Å². The van der Waals surface area contributed by atoms with Crippen molar-refractivity contribution in [3.63, 3.8) is 0 Å². The monoisotopic (exact) mass is 213 g/mol. The van der Waals surface area contributed by atoms with Gasteiger partial charge in [-0.25, -0.2) is 0 Å². The maximum Gasteiger partial charge on any atom is 0.309 e. The molecule has 0 bridgehead atoms. The number of hydrogen-bond acceptors (Lipinski definition) is 3. The molecule has 3 heteroatoms.